The van der Waals surface area contributed by atoms with Crippen LogP contribution in [0.2, 0.25) is 10.0 Å². The number of hydrogen-bond donors (Lipinski definition) is 1. The number of thiophene rings is 1. The Kier molecular flexibility index (Phi) is 6.74. The second kappa shape index (κ2) is 9.55. The fourth-order valence-corrected chi connectivity index (χ4v) is 5.29. The largest absolute Gasteiger partial charge is 0.507 e. The van der Waals surface area contributed by atoms with E-state index in [9.17, 15) is 19.1 Å². The number of aliphatic hydroxyl groups excluding tert-OH is 1. The first kappa shape index (κ1) is 23.3. The van der Waals surface area contributed by atoms with Crippen molar-refractivity contribution < 1.29 is 23.8 Å². The Labute approximate surface area is 203 Å². The Morgan fingerprint density at radius 3 is 2.39 bits per heavy atom. The second-order valence-electron chi connectivity index (χ2n) is 7.36. The molecule has 2 heterocycles. The summed E-state index contributed by atoms with van der Waals surface area (Å²) in [5.74, 6) is -2.00. The fourth-order valence-electron chi connectivity index (χ4n) is 3.80. The molecule has 3 aromatic rings. The van der Waals surface area contributed by atoms with Crippen LogP contribution >= 0.6 is 34.5 Å². The first-order valence-electron chi connectivity index (χ1n) is 9.91. The van der Waals surface area contributed by atoms with Gasteiger partial charge in [0.05, 0.1) is 28.8 Å². The molecule has 1 amide bonds. The zero-order valence-electron chi connectivity index (χ0n) is 17.3. The van der Waals surface area contributed by atoms with E-state index in [0.29, 0.717) is 6.42 Å². The fraction of sp³-hybridized carbons (Fsp3) is 0.167. The number of ether oxygens (including phenoxy) is 1. The van der Waals surface area contributed by atoms with Gasteiger partial charge in [0.1, 0.15) is 11.6 Å². The summed E-state index contributed by atoms with van der Waals surface area (Å²) < 4.78 is 18.4. The lowest BCUT2D eigenvalue weighted by Gasteiger charge is -2.24. The SMILES string of the molecule is COc1c(Cl)cc(/C(O)=C2/C(=O)C(=O)N(CCc3ccc(F)cc3)C2c2cccs2)cc1Cl. The van der Waals surface area contributed by atoms with Crippen LogP contribution in [0.1, 0.15) is 22.0 Å². The Balaban J connectivity index is 1.76. The molecule has 170 valence electrons. The number of likely N-dealkylation sites (tertiary alicyclic amines) is 1. The molecule has 9 heteroatoms. The highest BCUT2D eigenvalue weighted by Crippen LogP contribution is 2.43. The van der Waals surface area contributed by atoms with Gasteiger partial charge >= 0.3 is 0 Å². The third kappa shape index (κ3) is 4.49. The number of hydrogen-bond acceptors (Lipinski definition) is 5. The van der Waals surface area contributed by atoms with E-state index in [0.717, 1.165) is 10.4 Å². The van der Waals surface area contributed by atoms with E-state index < -0.39 is 17.7 Å². The van der Waals surface area contributed by atoms with E-state index in [1.807, 2.05) is 5.38 Å². The van der Waals surface area contributed by atoms with Crippen LogP contribution < -0.4 is 4.74 Å². The molecule has 1 fully saturated rings. The van der Waals surface area contributed by atoms with Crippen LogP contribution in [0.5, 0.6) is 5.75 Å². The minimum absolute atomic E-state index is 0.0427. The highest BCUT2D eigenvalue weighted by molar-refractivity contribution is 7.10. The van der Waals surface area contributed by atoms with Crippen molar-refractivity contribution in [1.82, 2.24) is 4.90 Å². The van der Waals surface area contributed by atoms with E-state index in [4.69, 9.17) is 27.9 Å². The summed E-state index contributed by atoms with van der Waals surface area (Å²) in [4.78, 5) is 28.2. The zero-order valence-corrected chi connectivity index (χ0v) is 19.7. The molecule has 1 saturated heterocycles. The van der Waals surface area contributed by atoms with E-state index in [2.05, 4.69) is 0 Å². The number of benzene rings is 2. The molecular formula is C24H18Cl2FNO4S. The molecule has 5 nitrogen and oxygen atoms in total. The molecule has 1 aromatic heterocycles. The predicted molar refractivity (Wildman–Crippen MR) is 126 cm³/mol. The Morgan fingerprint density at radius 2 is 1.82 bits per heavy atom. The maximum Gasteiger partial charge on any atom is 0.295 e. The zero-order chi connectivity index (χ0) is 23.7. The molecule has 0 saturated carbocycles. The van der Waals surface area contributed by atoms with Gasteiger partial charge in [-0.3, -0.25) is 9.59 Å². The van der Waals surface area contributed by atoms with E-state index in [-0.39, 0.29) is 45.1 Å². The summed E-state index contributed by atoms with van der Waals surface area (Å²) in [6.07, 6.45) is 0.412. The average Bonchev–Trinajstić information content (AvgIpc) is 3.40. The number of nitrogens with zero attached hydrogens (tertiary/aromatic N) is 1. The van der Waals surface area contributed by atoms with E-state index in [1.54, 1.807) is 24.3 Å². The van der Waals surface area contributed by atoms with Crippen LogP contribution in [0.3, 0.4) is 0 Å². The molecule has 33 heavy (non-hydrogen) atoms. The minimum Gasteiger partial charge on any atom is -0.507 e. The number of halogens is 3. The van der Waals surface area contributed by atoms with Crippen LogP contribution in [0, 0.1) is 5.82 Å². The number of aliphatic hydroxyl groups is 1. The van der Waals surface area contributed by atoms with Gasteiger partial charge in [0.2, 0.25) is 0 Å². The monoisotopic (exact) mass is 505 g/mol. The number of amides is 1. The first-order chi connectivity index (χ1) is 15.8. The first-order valence-corrected chi connectivity index (χ1v) is 11.5. The van der Waals surface area contributed by atoms with Crippen molar-refractivity contribution in [3.05, 3.63) is 91.4 Å². The highest BCUT2D eigenvalue weighted by Gasteiger charge is 2.46. The summed E-state index contributed by atoms with van der Waals surface area (Å²) in [7, 11) is 1.41. The maximum atomic E-state index is 13.2. The second-order valence-corrected chi connectivity index (χ2v) is 9.15. The molecule has 1 N–H and O–H groups in total. The molecule has 2 aromatic carbocycles. The van der Waals surface area contributed by atoms with E-state index in [1.165, 1.54) is 47.6 Å². The lowest BCUT2D eigenvalue weighted by atomic mass is 9.99. The molecule has 0 spiro atoms. The van der Waals surface area contributed by atoms with Gasteiger partial charge in [0.25, 0.3) is 11.7 Å². The minimum atomic E-state index is -0.798. The van der Waals surface area contributed by atoms with Gasteiger partial charge in [0, 0.05) is 17.0 Å². The highest BCUT2D eigenvalue weighted by atomic mass is 35.5. The molecule has 1 aliphatic rings. The smallest absolute Gasteiger partial charge is 0.295 e. The molecule has 4 rings (SSSR count). The molecule has 1 unspecified atom stereocenters. The van der Waals surface area contributed by atoms with Gasteiger partial charge in [-0.2, -0.15) is 0 Å². The Hall–Kier alpha value is -2.87. The van der Waals surface area contributed by atoms with Crippen molar-refractivity contribution >= 4 is 52.0 Å². The summed E-state index contributed by atoms with van der Waals surface area (Å²) in [5.41, 5.74) is 0.972. The summed E-state index contributed by atoms with van der Waals surface area (Å²) in [6, 6.07) is 11.6. The number of carbonyl (C=O) groups is 2. The van der Waals surface area contributed by atoms with Crippen molar-refractivity contribution in [3.63, 3.8) is 0 Å². The quantitative estimate of drug-likeness (QED) is 0.258. The van der Waals surface area contributed by atoms with Gasteiger partial charge in [-0.15, -0.1) is 11.3 Å². The normalized spacial score (nSPS) is 17.6. The number of methoxy groups -OCH3 is 1. The van der Waals surface area contributed by atoms with Gasteiger partial charge in [0.15, 0.2) is 5.75 Å². The predicted octanol–water partition coefficient (Wildman–Crippen LogP) is 5.87. The molecule has 1 aliphatic heterocycles. The molecule has 0 bridgehead atoms. The Morgan fingerprint density at radius 1 is 1.15 bits per heavy atom. The summed E-state index contributed by atoms with van der Waals surface area (Å²) >= 11 is 13.8. The standard InChI is InChI=1S/C24H18Cl2FNO4S/c1-32-23-16(25)11-14(12-17(23)26)21(29)19-20(18-3-2-10-33-18)28(24(31)22(19)30)9-8-13-4-6-15(27)7-5-13/h2-7,10-12,20,29H,8-9H2,1H3/b21-19-. The van der Waals surface area contributed by atoms with Crippen LogP contribution in [0.4, 0.5) is 4.39 Å². The third-order valence-electron chi connectivity index (χ3n) is 5.38. The number of Topliss-reactive ketones (excluding diaryl/α,β-unsaturated/α-hetero) is 1. The molecule has 0 aliphatic carbocycles. The number of rotatable bonds is 6. The molecule has 1 atom stereocenters. The van der Waals surface area contributed by atoms with Crippen LogP contribution in [0.25, 0.3) is 5.76 Å². The van der Waals surface area contributed by atoms with Crippen molar-refractivity contribution in [2.24, 2.45) is 0 Å². The summed E-state index contributed by atoms with van der Waals surface area (Å²) in [5, 5.41) is 13.3. The van der Waals surface area contributed by atoms with Crippen LogP contribution in [-0.2, 0) is 16.0 Å². The third-order valence-corrected chi connectivity index (χ3v) is 6.87. The topological polar surface area (TPSA) is 66.8 Å². The van der Waals surface area contributed by atoms with Gasteiger partial charge < -0.3 is 14.7 Å². The van der Waals surface area contributed by atoms with Crippen LogP contribution in [-0.4, -0.2) is 35.4 Å². The van der Waals surface area contributed by atoms with Crippen molar-refractivity contribution in [1.29, 1.82) is 0 Å². The molecule has 0 radical (unpaired) electrons. The van der Waals surface area contributed by atoms with Gasteiger partial charge in [-0.1, -0.05) is 41.4 Å². The number of ketones is 1. The van der Waals surface area contributed by atoms with Gasteiger partial charge in [-0.25, -0.2) is 4.39 Å². The average molecular weight is 506 g/mol. The lowest BCUT2D eigenvalue weighted by Crippen LogP contribution is -2.31. The van der Waals surface area contributed by atoms with Crippen molar-refractivity contribution in [3.8, 4) is 5.75 Å². The van der Waals surface area contributed by atoms with Gasteiger partial charge in [-0.05, 0) is 47.7 Å². The van der Waals surface area contributed by atoms with Crippen molar-refractivity contribution in [2.45, 2.75) is 12.5 Å². The maximum absolute atomic E-state index is 13.2. The number of carbonyl (C=O) groups excluding carboxylic acids is 2. The lowest BCUT2D eigenvalue weighted by molar-refractivity contribution is -0.139. The van der Waals surface area contributed by atoms with E-state index >= 15 is 0 Å². The van der Waals surface area contributed by atoms with Crippen molar-refractivity contribution in [2.75, 3.05) is 13.7 Å². The van der Waals surface area contributed by atoms with Crippen LogP contribution in [0.15, 0.2) is 59.5 Å². The Bertz CT molecular complexity index is 1220. The molecular weight excluding hydrogens is 488 g/mol. The summed E-state index contributed by atoms with van der Waals surface area (Å²) in [6.45, 7) is 0.208.